The number of carbonyl (C=O) groups excluding carboxylic acids is 1. The van der Waals surface area contributed by atoms with Gasteiger partial charge in [-0.05, 0) is 73.7 Å². The Hall–Kier alpha value is -0.259. The average molecular weight is 783 g/mol. The van der Waals surface area contributed by atoms with E-state index >= 15 is 0 Å². The first-order valence-electron chi connectivity index (χ1n) is 21.7. The molecule has 0 aromatic carbocycles. The van der Waals surface area contributed by atoms with Crippen LogP contribution in [0.15, 0.2) is 12.2 Å². The minimum absolute atomic E-state index is 0.0160. The molecule has 8 heteroatoms. The monoisotopic (exact) mass is 783 g/mol. The molecule has 1 aliphatic heterocycles. The van der Waals surface area contributed by atoms with Gasteiger partial charge in [-0.15, -0.1) is 0 Å². The summed E-state index contributed by atoms with van der Waals surface area (Å²) in [6, 6.07) is 0. The molecule has 0 amide bonds. The summed E-state index contributed by atoms with van der Waals surface area (Å²) in [5, 5.41) is 0.311. The topological polar surface area (TPSA) is 54.0 Å². The zero-order valence-electron chi connectivity index (χ0n) is 37.7. The molecule has 5 nitrogen and oxygen atoms in total. The van der Waals surface area contributed by atoms with Gasteiger partial charge in [-0.25, -0.2) is 4.79 Å². The predicted molar refractivity (Wildman–Crippen MR) is 234 cm³/mol. The second-order valence-electron chi connectivity index (χ2n) is 20.9. The Kier molecular flexibility index (Phi) is 21.5. The van der Waals surface area contributed by atoms with E-state index in [2.05, 4.69) is 109 Å². The van der Waals surface area contributed by atoms with Gasteiger partial charge < -0.3 is 18.0 Å². The Morgan fingerprint density at radius 1 is 0.596 bits per heavy atom. The average Bonchev–Trinajstić information content (AvgIpc) is 2.97. The van der Waals surface area contributed by atoms with Gasteiger partial charge in [0.2, 0.25) is 0 Å². The molecule has 1 heterocycles. The maximum Gasteiger partial charge on any atom is 0.330 e. The van der Waals surface area contributed by atoms with Gasteiger partial charge in [0.25, 0.3) is 0 Å². The van der Waals surface area contributed by atoms with E-state index in [9.17, 15) is 4.79 Å². The van der Waals surface area contributed by atoms with Crippen molar-refractivity contribution in [2.24, 2.45) is 0 Å². The van der Waals surface area contributed by atoms with Crippen molar-refractivity contribution in [2.45, 2.75) is 264 Å². The van der Waals surface area contributed by atoms with Gasteiger partial charge in [0.15, 0.2) is 25.0 Å². The largest absolute Gasteiger partial charge is 0.459 e. The van der Waals surface area contributed by atoms with Crippen molar-refractivity contribution in [1.29, 1.82) is 0 Å². The van der Waals surface area contributed by atoms with Gasteiger partial charge in [-0.1, -0.05) is 159 Å². The van der Waals surface area contributed by atoms with Gasteiger partial charge in [0.05, 0.1) is 6.10 Å². The molecule has 0 N–H and O–H groups in total. The van der Waals surface area contributed by atoms with E-state index in [1.165, 1.54) is 83.5 Å². The zero-order chi connectivity index (χ0) is 39.9. The molecular formula is C44H90O5Si3. The summed E-state index contributed by atoms with van der Waals surface area (Å²) in [5.74, 6) is -0.239. The second-order valence-corrected chi connectivity index (χ2v) is 35.2. The van der Waals surface area contributed by atoms with Crippen molar-refractivity contribution in [3.63, 3.8) is 0 Å². The third kappa shape index (κ3) is 19.1. The number of rotatable bonds is 26. The lowest BCUT2D eigenvalue weighted by atomic mass is 9.97. The minimum Gasteiger partial charge on any atom is -0.459 e. The van der Waals surface area contributed by atoms with Crippen LogP contribution in [0.1, 0.15) is 185 Å². The molecule has 0 aliphatic carbocycles. The van der Waals surface area contributed by atoms with Crippen LogP contribution in [-0.4, -0.2) is 55.3 Å². The number of hydrogen-bond donors (Lipinski definition) is 0. The van der Waals surface area contributed by atoms with Crippen LogP contribution < -0.4 is 0 Å². The third-order valence-corrected chi connectivity index (χ3v) is 26.6. The standard InChI is InChI=1S/C44H90O5Si3/c1-17-18-19-20-21-22-23-24-25-26-27-28-29-31-38(47-50(11,12)42(2,3)4)35-40(49-52(15,16)44(8,9)10)36-39(48-51(13,14)43(5,6)7)34-37-32-30-33-41(45)46-37/h30,33,37-40H,17-29,31-32,34-36H2,1-16H3/t37-,38+,39+,40+/m1/s1. The Morgan fingerprint density at radius 3 is 1.37 bits per heavy atom. The van der Waals surface area contributed by atoms with Crippen LogP contribution in [0.25, 0.3) is 0 Å². The van der Waals surface area contributed by atoms with Crippen molar-refractivity contribution < 1.29 is 22.8 Å². The molecule has 1 aliphatic rings. The summed E-state index contributed by atoms with van der Waals surface area (Å²) in [6.07, 6.45) is 25.4. The molecule has 4 atom stereocenters. The number of esters is 1. The van der Waals surface area contributed by atoms with Crippen molar-refractivity contribution in [3.05, 3.63) is 12.2 Å². The van der Waals surface area contributed by atoms with E-state index in [-0.39, 0.29) is 45.5 Å². The van der Waals surface area contributed by atoms with Crippen LogP contribution in [0.5, 0.6) is 0 Å². The smallest absolute Gasteiger partial charge is 0.330 e. The van der Waals surface area contributed by atoms with Crippen LogP contribution in [0.2, 0.25) is 54.4 Å². The molecule has 1 rings (SSSR count). The normalized spacial score (nSPS) is 18.4. The highest BCUT2D eigenvalue weighted by atomic mass is 28.4. The SMILES string of the molecule is CCCCCCCCCCCCCCC[C@@H](C[C@@H](C[C@H](C[C@H]1CC=CC(=O)O1)O[Si](C)(C)C(C)(C)C)O[Si](C)(C)C(C)(C)C)O[Si](C)(C)C(C)(C)C. The van der Waals surface area contributed by atoms with Gasteiger partial charge in [0.1, 0.15) is 6.10 Å². The van der Waals surface area contributed by atoms with Gasteiger partial charge in [0, 0.05) is 31.1 Å². The summed E-state index contributed by atoms with van der Waals surface area (Å²) in [6.45, 7) is 37.6. The Balaban J connectivity index is 3.17. The highest BCUT2D eigenvalue weighted by Gasteiger charge is 2.44. The van der Waals surface area contributed by atoms with Gasteiger partial charge >= 0.3 is 5.97 Å². The molecule has 52 heavy (non-hydrogen) atoms. The summed E-state index contributed by atoms with van der Waals surface area (Å²) in [7, 11) is -6.24. The molecule has 0 aromatic heterocycles. The first kappa shape index (κ1) is 49.8. The Morgan fingerprint density at radius 2 is 0.962 bits per heavy atom. The highest BCUT2D eigenvalue weighted by molar-refractivity contribution is 6.75. The maximum absolute atomic E-state index is 12.3. The van der Waals surface area contributed by atoms with E-state index in [0.29, 0.717) is 6.42 Å². The van der Waals surface area contributed by atoms with Gasteiger partial charge in [-0.2, -0.15) is 0 Å². The molecule has 0 aromatic rings. The van der Waals surface area contributed by atoms with Crippen LogP contribution in [0.4, 0.5) is 0 Å². The Bertz CT molecular complexity index is 1020. The number of ether oxygens (including phenoxy) is 1. The van der Waals surface area contributed by atoms with Crippen molar-refractivity contribution >= 4 is 30.9 Å². The van der Waals surface area contributed by atoms with E-state index in [4.69, 9.17) is 18.0 Å². The summed E-state index contributed by atoms with van der Waals surface area (Å²) >= 11 is 0. The quantitative estimate of drug-likeness (QED) is 0.0497. The molecule has 0 bridgehead atoms. The molecule has 308 valence electrons. The second kappa shape index (κ2) is 22.5. The molecule has 0 saturated heterocycles. The fourth-order valence-corrected chi connectivity index (χ4v) is 10.5. The van der Waals surface area contributed by atoms with E-state index in [1.54, 1.807) is 6.08 Å². The summed E-state index contributed by atoms with van der Waals surface area (Å²) in [5.41, 5.74) is 0. The van der Waals surface area contributed by atoms with Crippen molar-refractivity contribution in [3.8, 4) is 0 Å². The van der Waals surface area contributed by atoms with Gasteiger partial charge in [-0.3, -0.25) is 0 Å². The fourth-order valence-electron chi connectivity index (χ4n) is 6.37. The molecule has 0 spiro atoms. The van der Waals surface area contributed by atoms with Crippen LogP contribution in [0.3, 0.4) is 0 Å². The lowest BCUT2D eigenvalue weighted by Crippen LogP contribution is -2.49. The third-order valence-electron chi connectivity index (χ3n) is 12.9. The zero-order valence-corrected chi connectivity index (χ0v) is 40.7. The first-order chi connectivity index (χ1) is 23.8. The number of unbranched alkanes of at least 4 members (excludes halogenated alkanes) is 12. The molecule has 0 radical (unpaired) electrons. The van der Waals surface area contributed by atoms with Crippen molar-refractivity contribution in [1.82, 2.24) is 0 Å². The fraction of sp³-hybridized carbons (Fsp3) is 0.932. The molecule has 0 fully saturated rings. The van der Waals surface area contributed by atoms with E-state index in [0.717, 1.165) is 25.7 Å². The molecule has 0 unspecified atom stereocenters. The number of hydrogen-bond acceptors (Lipinski definition) is 5. The number of carbonyl (C=O) groups is 1. The lowest BCUT2D eigenvalue weighted by molar-refractivity contribution is -0.145. The van der Waals surface area contributed by atoms with Crippen molar-refractivity contribution in [2.75, 3.05) is 0 Å². The minimum atomic E-state index is -2.11. The van der Waals surface area contributed by atoms with E-state index in [1.807, 2.05) is 6.08 Å². The Labute approximate surface area is 328 Å². The molecular weight excluding hydrogens is 693 g/mol. The van der Waals surface area contributed by atoms with E-state index < -0.39 is 25.0 Å². The predicted octanol–water partition coefficient (Wildman–Crippen LogP) is 14.7. The van der Waals surface area contributed by atoms with Crippen LogP contribution in [0, 0.1) is 0 Å². The summed E-state index contributed by atoms with van der Waals surface area (Å²) < 4.78 is 27.7. The van der Waals surface area contributed by atoms with Crippen LogP contribution >= 0.6 is 0 Å². The first-order valence-corrected chi connectivity index (χ1v) is 30.4. The number of cyclic esters (lactones) is 1. The maximum atomic E-state index is 12.3. The summed E-state index contributed by atoms with van der Waals surface area (Å²) in [4.78, 5) is 12.3. The lowest BCUT2D eigenvalue weighted by Gasteiger charge is -2.45. The molecule has 0 saturated carbocycles. The highest BCUT2D eigenvalue weighted by Crippen LogP contribution is 2.43. The van der Waals surface area contributed by atoms with Crippen LogP contribution in [-0.2, 0) is 22.8 Å².